The van der Waals surface area contributed by atoms with E-state index < -0.39 is 0 Å². The lowest BCUT2D eigenvalue weighted by Crippen LogP contribution is -2.20. The van der Waals surface area contributed by atoms with Crippen molar-refractivity contribution in [3.63, 3.8) is 0 Å². The van der Waals surface area contributed by atoms with Crippen LogP contribution in [-0.4, -0.2) is 25.2 Å². The zero-order valence-electron chi connectivity index (χ0n) is 9.08. The average molecular weight is 227 g/mol. The Labute approximate surface area is 95.9 Å². The third-order valence-corrected chi connectivity index (χ3v) is 2.57. The lowest BCUT2D eigenvalue weighted by Gasteiger charge is -2.02. The number of aryl methyl sites for hydroxylation is 1. The van der Waals surface area contributed by atoms with E-state index in [0.717, 1.165) is 5.56 Å². The van der Waals surface area contributed by atoms with Crippen molar-refractivity contribution in [2.75, 3.05) is 0 Å². The van der Waals surface area contributed by atoms with Gasteiger partial charge in [-0.25, -0.2) is 4.68 Å². The highest BCUT2D eigenvalue weighted by Crippen LogP contribution is 2.20. The molecule has 0 saturated heterocycles. The Kier molecular flexibility index (Phi) is 2.01. The second-order valence-corrected chi connectivity index (χ2v) is 3.66. The number of hydrogen-bond acceptors (Lipinski definition) is 4. The molecule has 1 N–H and O–H groups in total. The molecule has 0 amide bonds. The number of nitrogens with zero attached hydrogens (tertiary/aromatic N) is 4. The van der Waals surface area contributed by atoms with Gasteiger partial charge < -0.3 is 0 Å². The van der Waals surface area contributed by atoms with Crippen molar-refractivity contribution >= 4 is 11.0 Å². The van der Waals surface area contributed by atoms with Crippen LogP contribution in [0, 0.1) is 0 Å². The Morgan fingerprint density at radius 3 is 2.59 bits per heavy atom. The van der Waals surface area contributed by atoms with Crippen LogP contribution in [0.3, 0.4) is 0 Å². The molecule has 0 atom stereocenters. The zero-order chi connectivity index (χ0) is 11.8. The second-order valence-electron chi connectivity index (χ2n) is 3.66. The van der Waals surface area contributed by atoms with Gasteiger partial charge in [0, 0.05) is 12.6 Å². The summed E-state index contributed by atoms with van der Waals surface area (Å²) in [6.45, 7) is 0. The molecule has 6 heteroatoms. The number of benzene rings is 1. The highest BCUT2D eigenvalue weighted by molar-refractivity contribution is 5.87. The molecule has 2 aromatic heterocycles. The van der Waals surface area contributed by atoms with Gasteiger partial charge in [-0.1, -0.05) is 30.3 Å². The number of fused-ring (bicyclic) bond motifs is 1. The number of aromatic amines is 1. The molecule has 3 rings (SSSR count). The van der Waals surface area contributed by atoms with Crippen LogP contribution < -0.4 is 5.56 Å². The van der Waals surface area contributed by atoms with Gasteiger partial charge in [0.15, 0.2) is 5.52 Å². The van der Waals surface area contributed by atoms with Crippen molar-refractivity contribution in [3.05, 3.63) is 40.7 Å². The van der Waals surface area contributed by atoms with Crippen LogP contribution in [0.5, 0.6) is 0 Å². The monoisotopic (exact) mass is 227 g/mol. The van der Waals surface area contributed by atoms with Gasteiger partial charge in [0.1, 0.15) is 11.2 Å². The van der Waals surface area contributed by atoms with Crippen LogP contribution in [0.2, 0.25) is 0 Å². The van der Waals surface area contributed by atoms with Gasteiger partial charge in [-0.15, -0.1) is 0 Å². The highest BCUT2D eigenvalue weighted by atomic mass is 16.1. The van der Waals surface area contributed by atoms with Crippen molar-refractivity contribution in [1.82, 2.24) is 25.2 Å². The maximum Gasteiger partial charge on any atom is 0.296 e. The standard InChI is InChI=1S/C11H9N5O/c1-16-11(17)10-9(12-15-13-10)8(14-16)7-5-3-2-4-6-7/h2-6H,1H3,(H,12,13,15). The van der Waals surface area contributed by atoms with Crippen molar-refractivity contribution in [2.24, 2.45) is 7.05 Å². The van der Waals surface area contributed by atoms with E-state index >= 15 is 0 Å². The molecular formula is C11H9N5O. The minimum absolute atomic E-state index is 0.256. The first kappa shape index (κ1) is 9.71. The fourth-order valence-electron chi connectivity index (χ4n) is 1.73. The van der Waals surface area contributed by atoms with Gasteiger partial charge in [0.05, 0.1) is 0 Å². The van der Waals surface area contributed by atoms with Crippen LogP contribution in [0.4, 0.5) is 0 Å². The summed E-state index contributed by atoms with van der Waals surface area (Å²) >= 11 is 0. The van der Waals surface area contributed by atoms with E-state index in [1.54, 1.807) is 7.05 Å². The van der Waals surface area contributed by atoms with Gasteiger partial charge in [-0.05, 0) is 0 Å². The van der Waals surface area contributed by atoms with E-state index in [9.17, 15) is 4.79 Å². The van der Waals surface area contributed by atoms with Crippen LogP contribution in [0.15, 0.2) is 35.1 Å². The first-order valence-electron chi connectivity index (χ1n) is 5.10. The first-order chi connectivity index (χ1) is 8.27. The predicted octanol–water partition coefficient (Wildman–Crippen LogP) is 0.719. The van der Waals surface area contributed by atoms with Gasteiger partial charge in [0.25, 0.3) is 5.56 Å². The third kappa shape index (κ3) is 1.42. The molecule has 0 aliphatic heterocycles. The second kappa shape index (κ2) is 3.51. The minimum Gasteiger partial charge on any atom is -0.265 e. The van der Waals surface area contributed by atoms with E-state index in [1.165, 1.54) is 4.68 Å². The van der Waals surface area contributed by atoms with Crippen LogP contribution >= 0.6 is 0 Å². The van der Waals surface area contributed by atoms with Gasteiger partial charge in [-0.2, -0.15) is 20.5 Å². The Hall–Kier alpha value is -2.50. The number of hydrogen-bond donors (Lipinski definition) is 1. The molecule has 0 bridgehead atoms. The molecule has 0 aliphatic rings. The molecule has 3 aromatic rings. The average Bonchev–Trinajstić information content (AvgIpc) is 2.84. The van der Waals surface area contributed by atoms with Crippen LogP contribution in [-0.2, 0) is 7.05 Å². The van der Waals surface area contributed by atoms with E-state index in [-0.39, 0.29) is 5.56 Å². The molecule has 0 unspecified atom stereocenters. The molecule has 2 heterocycles. The minimum atomic E-state index is -0.256. The Bertz CT molecular complexity index is 728. The predicted molar refractivity (Wildman–Crippen MR) is 62.4 cm³/mol. The number of nitrogens with one attached hydrogen (secondary N) is 1. The van der Waals surface area contributed by atoms with Crippen LogP contribution in [0.25, 0.3) is 22.3 Å². The van der Waals surface area contributed by atoms with Gasteiger partial charge in [-0.3, -0.25) is 4.79 Å². The van der Waals surface area contributed by atoms with E-state index in [2.05, 4.69) is 20.5 Å². The molecule has 0 radical (unpaired) electrons. The fourth-order valence-corrected chi connectivity index (χ4v) is 1.73. The zero-order valence-corrected chi connectivity index (χ0v) is 9.08. The summed E-state index contributed by atoms with van der Waals surface area (Å²) in [4.78, 5) is 11.8. The van der Waals surface area contributed by atoms with Crippen LogP contribution in [0.1, 0.15) is 0 Å². The third-order valence-electron chi connectivity index (χ3n) is 2.57. The molecule has 6 nitrogen and oxygen atoms in total. The lowest BCUT2D eigenvalue weighted by molar-refractivity contribution is 0.720. The molecule has 0 spiro atoms. The van der Waals surface area contributed by atoms with Crippen molar-refractivity contribution in [2.45, 2.75) is 0 Å². The van der Waals surface area contributed by atoms with Gasteiger partial charge in [0.2, 0.25) is 0 Å². The fraction of sp³-hybridized carbons (Fsp3) is 0.0909. The van der Waals surface area contributed by atoms with E-state index in [1.807, 2.05) is 30.3 Å². The molecule has 0 aliphatic carbocycles. The SMILES string of the molecule is Cn1nc(-c2ccccc2)c2n[nH]nc2c1=O. The Balaban J connectivity index is 2.42. The summed E-state index contributed by atoms with van der Waals surface area (Å²) in [5, 5.41) is 14.5. The molecule has 0 saturated carbocycles. The summed E-state index contributed by atoms with van der Waals surface area (Å²) in [5.74, 6) is 0. The maximum atomic E-state index is 11.8. The summed E-state index contributed by atoms with van der Waals surface area (Å²) < 4.78 is 1.27. The van der Waals surface area contributed by atoms with E-state index in [0.29, 0.717) is 16.7 Å². The molecular weight excluding hydrogens is 218 g/mol. The Morgan fingerprint density at radius 1 is 1.12 bits per heavy atom. The normalized spacial score (nSPS) is 10.9. The first-order valence-corrected chi connectivity index (χ1v) is 5.10. The molecule has 17 heavy (non-hydrogen) atoms. The van der Waals surface area contributed by atoms with Gasteiger partial charge >= 0.3 is 0 Å². The Morgan fingerprint density at radius 2 is 1.82 bits per heavy atom. The number of aromatic nitrogens is 5. The number of H-pyrrole nitrogens is 1. The summed E-state index contributed by atoms with van der Waals surface area (Å²) in [6.07, 6.45) is 0. The maximum absolute atomic E-state index is 11.8. The molecule has 1 aromatic carbocycles. The molecule has 84 valence electrons. The summed E-state index contributed by atoms with van der Waals surface area (Å²) in [7, 11) is 1.60. The largest absolute Gasteiger partial charge is 0.296 e. The molecule has 0 fully saturated rings. The van der Waals surface area contributed by atoms with Crippen molar-refractivity contribution < 1.29 is 0 Å². The smallest absolute Gasteiger partial charge is 0.265 e. The number of rotatable bonds is 1. The van der Waals surface area contributed by atoms with Crippen molar-refractivity contribution in [1.29, 1.82) is 0 Å². The topological polar surface area (TPSA) is 76.5 Å². The lowest BCUT2D eigenvalue weighted by atomic mass is 10.1. The summed E-state index contributed by atoms with van der Waals surface area (Å²) in [6, 6.07) is 9.58. The quantitative estimate of drug-likeness (QED) is 0.664. The van der Waals surface area contributed by atoms with Crippen molar-refractivity contribution in [3.8, 4) is 11.3 Å². The summed E-state index contributed by atoms with van der Waals surface area (Å²) in [5.41, 5.74) is 2.10. The van der Waals surface area contributed by atoms with E-state index in [4.69, 9.17) is 0 Å². The highest BCUT2D eigenvalue weighted by Gasteiger charge is 2.13.